The fourth-order valence-electron chi connectivity index (χ4n) is 0.604. The third kappa shape index (κ3) is 1.44. The first-order chi connectivity index (χ1) is 4.70. The van der Waals surface area contributed by atoms with Crippen LogP contribution in [0.25, 0.3) is 0 Å². The molecule has 0 aliphatic rings. The third-order valence-electron chi connectivity index (χ3n) is 1.11. The van der Waals surface area contributed by atoms with Crippen molar-refractivity contribution >= 4 is 5.69 Å². The number of aromatic hydroxyl groups is 1. The molecular formula is C6H7NO3. The molecular weight excluding hydrogens is 134 g/mol. The number of nitrogens with one attached hydrogen (secondary N) is 1. The van der Waals surface area contributed by atoms with Crippen LogP contribution in [0.3, 0.4) is 0 Å². The summed E-state index contributed by atoms with van der Waals surface area (Å²) in [5.41, 5.74) is 0.179. The zero-order valence-corrected chi connectivity index (χ0v) is 5.11. The largest absolute Gasteiger partial charge is 0.595 e. The minimum absolute atomic E-state index is 0.0741. The van der Waals surface area contributed by atoms with Gasteiger partial charge in [-0.05, 0) is 12.1 Å². The predicted molar refractivity (Wildman–Crippen MR) is 33.9 cm³/mol. The van der Waals surface area contributed by atoms with Crippen LogP contribution in [0.15, 0.2) is 24.3 Å². The molecule has 0 fully saturated rings. The minimum atomic E-state index is -0.986. The van der Waals surface area contributed by atoms with Gasteiger partial charge >= 0.3 is 0 Å². The standard InChI is InChI=1S/C6H7NO3/c8-6-3-1-5(2-4-6)7(9)10/h1-4,7-9H. The van der Waals surface area contributed by atoms with Crippen LogP contribution in [0.1, 0.15) is 0 Å². The van der Waals surface area contributed by atoms with Crippen molar-refractivity contribution < 1.29 is 15.5 Å². The second kappa shape index (κ2) is 2.66. The third-order valence-corrected chi connectivity index (χ3v) is 1.11. The van der Waals surface area contributed by atoms with Crippen molar-refractivity contribution in [1.82, 2.24) is 0 Å². The highest BCUT2D eigenvalue weighted by Gasteiger charge is 1.96. The van der Waals surface area contributed by atoms with E-state index in [-0.39, 0.29) is 11.4 Å². The Morgan fingerprint density at radius 2 is 1.70 bits per heavy atom. The van der Waals surface area contributed by atoms with Gasteiger partial charge in [0.2, 0.25) is 0 Å². The van der Waals surface area contributed by atoms with Crippen LogP contribution in [-0.2, 0) is 0 Å². The first-order valence-electron chi connectivity index (χ1n) is 2.72. The molecule has 4 heteroatoms. The maximum atomic E-state index is 10.2. The summed E-state index contributed by atoms with van der Waals surface area (Å²) in [6.45, 7) is 0. The molecule has 10 heavy (non-hydrogen) atoms. The van der Waals surface area contributed by atoms with Gasteiger partial charge < -0.3 is 10.3 Å². The smallest absolute Gasteiger partial charge is 0.164 e. The van der Waals surface area contributed by atoms with E-state index in [1.54, 1.807) is 0 Å². The van der Waals surface area contributed by atoms with E-state index in [1.165, 1.54) is 24.3 Å². The number of hydrogen-bond donors (Lipinski definition) is 3. The summed E-state index contributed by atoms with van der Waals surface area (Å²) in [6.07, 6.45) is 0. The molecule has 3 N–H and O–H groups in total. The molecule has 1 aromatic carbocycles. The Balaban J connectivity index is 2.89. The lowest BCUT2D eigenvalue weighted by Crippen LogP contribution is -2.99. The van der Waals surface area contributed by atoms with E-state index in [1.807, 2.05) is 0 Å². The minimum Gasteiger partial charge on any atom is -0.595 e. The van der Waals surface area contributed by atoms with Crippen molar-refractivity contribution in [2.24, 2.45) is 0 Å². The van der Waals surface area contributed by atoms with Crippen LogP contribution >= 0.6 is 0 Å². The maximum absolute atomic E-state index is 10.2. The Hall–Kier alpha value is -1.10. The summed E-state index contributed by atoms with van der Waals surface area (Å²) in [7, 11) is 0. The summed E-state index contributed by atoms with van der Waals surface area (Å²) in [5, 5.41) is 26.4. The van der Waals surface area contributed by atoms with Crippen LogP contribution in [0.4, 0.5) is 5.69 Å². The fourth-order valence-corrected chi connectivity index (χ4v) is 0.604. The molecule has 0 spiro atoms. The lowest BCUT2D eigenvalue weighted by Gasteiger charge is -2.10. The number of quaternary nitrogens is 1. The van der Waals surface area contributed by atoms with Crippen LogP contribution in [-0.4, -0.2) is 10.3 Å². The van der Waals surface area contributed by atoms with Gasteiger partial charge in [-0.3, -0.25) is 0 Å². The average molecular weight is 141 g/mol. The molecule has 0 aromatic heterocycles. The molecule has 0 saturated carbocycles. The van der Waals surface area contributed by atoms with Crippen LogP contribution in [0.5, 0.6) is 5.75 Å². The summed E-state index contributed by atoms with van der Waals surface area (Å²) in [6, 6.07) is 5.36. The van der Waals surface area contributed by atoms with Crippen molar-refractivity contribution in [3.8, 4) is 5.75 Å². The molecule has 1 aromatic rings. The van der Waals surface area contributed by atoms with Crippen LogP contribution in [0.2, 0.25) is 0 Å². The fraction of sp³-hybridized carbons (Fsp3) is 0. The Labute approximate surface area is 57.5 Å². The highest BCUT2D eigenvalue weighted by Crippen LogP contribution is 2.09. The summed E-state index contributed by atoms with van der Waals surface area (Å²) in [5.74, 6) is 0.0741. The first kappa shape index (κ1) is 7.01. The number of benzene rings is 1. The van der Waals surface area contributed by atoms with Gasteiger partial charge in [0, 0.05) is 12.1 Å². The molecule has 1 unspecified atom stereocenters. The normalized spacial score (nSPS) is 13.0. The molecule has 0 aliphatic heterocycles. The molecule has 1 rings (SSSR count). The summed E-state index contributed by atoms with van der Waals surface area (Å²) >= 11 is 0. The molecule has 0 saturated heterocycles. The number of phenols is 1. The van der Waals surface area contributed by atoms with Crippen LogP contribution < -0.4 is 5.23 Å². The number of hydrogen-bond acceptors (Lipinski definition) is 3. The zero-order valence-electron chi connectivity index (χ0n) is 5.11. The van der Waals surface area contributed by atoms with Gasteiger partial charge in [-0.15, -0.1) is 0 Å². The SMILES string of the molecule is [O-][NH+](O)c1ccc(O)cc1. The van der Waals surface area contributed by atoms with Crippen molar-refractivity contribution in [3.05, 3.63) is 29.5 Å². The summed E-state index contributed by atoms with van der Waals surface area (Å²) < 4.78 is 0. The van der Waals surface area contributed by atoms with Gasteiger partial charge in [-0.25, -0.2) is 5.21 Å². The Morgan fingerprint density at radius 1 is 1.20 bits per heavy atom. The number of phenolic OH excluding ortho intramolecular Hbond substituents is 1. The van der Waals surface area contributed by atoms with Gasteiger partial charge in [0.25, 0.3) is 0 Å². The van der Waals surface area contributed by atoms with Crippen molar-refractivity contribution in [2.75, 3.05) is 0 Å². The predicted octanol–water partition coefficient (Wildman–Crippen LogP) is -0.204. The molecule has 1 atom stereocenters. The second-order valence-corrected chi connectivity index (χ2v) is 1.85. The van der Waals surface area contributed by atoms with Crippen LogP contribution in [0, 0.1) is 5.21 Å². The van der Waals surface area contributed by atoms with E-state index < -0.39 is 5.23 Å². The van der Waals surface area contributed by atoms with Gasteiger partial charge in [0.1, 0.15) is 5.75 Å². The van der Waals surface area contributed by atoms with E-state index in [0.717, 1.165) is 0 Å². The topological polar surface area (TPSA) is 68.0 Å². The lowest BCUT2D eigenvalue weighted by molar-refractivity contribution is -0.991. The monoisotopic (exact) mass is 141 g/mol. The molecule has 54 valence electrons. The zero-order chi connectivity index (χ0) is 7.56. The molecule has 4 nitrogen and oxygen atoms in total. The lowest BCUT2D eigenvalue weighted by atomic mass is 10.3. The van der Waals surface area contributed by atoms with Gasteiger partial charge in [-0.1, -0.05) is 0 Å². The van der Waals surface area contributed by atoms with E-state index in [4.69, 9.17) is 10.3 Å². The summed E-state index contributed by atoms with van der Waals surface area (Å²) in [4.78, 5) is 0. The van der Waals surface area contributed by atoms with Crippen molar-refractivity contribution in [1.29, 1.82) is 0 Å². The van der Waals surface area contributed by atoms with Crippen molar-refractivity contribution in [3.63, 3.8) is 0 Å². The highest BCUT2D eigenvalue weighted by molar-refractivity contribution is 5.34. The molecule has 0 heterocycles. The highest BCUT2D eigenvalue weighted by atomic mass is 16.8. The molecule has 0 aliphatic carbocycles. The Kier molecular flexibility index (Phi) is 1.86. The molecule has 0 bridgehead atoms. The molecule has 0 radical (unpaired) electrons. The van der Waals surface area contributed by atoms with E-state index in [0.29, 0.717) is 0 Å². The molecule has 0 amide bonds. The first-order valence-corrected chi connectivity index (χ1v) is 2.72. The van der Waals surface area contributed by atoms with E-state index >= 15 is 0 Å². The maximum Gasteiger partial charge on any atom is 0.164 e. The van der Waals surface area contributed by atoms with E-state index in [9.17, 15) is 5.21 Å². The number of rotatable bonds is 1. The average Bonchev–Trinajstić information content (AvgIpc) is 1.88. The van der Waals surface area contributed by atoms with E-state index in [2.05, 4.69) is 0 Å². The quantitative estimate of drug-likeness (QED) is 0.374. The van der Waals surface area contributed by atoms with Gasteiger partial charge in [-0.2, -0.15) is 5.23 Å². The second-order valence-electron chi connectivity index (χ2n) is 1.85. The van der Waals surface area contributed by atoms with Gasteiger partial charge in [0.05, 0.1) is 0 Å². The Bertz CT molecular complexity index is 207. The van der Waals surface area contributed by atoms with Gasteiger partial charge in [0.15, 0.2) is 5.69 Å². The Morgan fingerprint density at radius 3 is 2.10 bits per heavy atom. The van der Waals surface area contributed by atoms with Crippen molar-refractivity contribution in [2.45, 2.75) is 0 Å².